The number of benzene rings is 1. The molecule has 2 heterocycles. The van der Waals surface area contributed by atoms with Gasteiger partial charge in [-0.2, -0.15) is 0 Å². The standard InChI is InChI=1S/C11H7ClN4O2/c12-6-3-1-2-4-7(6)16-8-9(15-11(16)18)13-5-14-10(8)17/h1-5H,(H2,13,14,15,17,18). The van der Waals surface area contributed by atoms with Crippen LogP contribution in [0, 0.1) is 0 Å². The van der Waals surface area contributed by atoms with Crippen molar-refractivity contribution in [3.8, 4) is 5.69 Å². The molecule has 0 fully saturated rings. The minimum absolute atomic E-state index is 0.149. The number of H-pyrrole nitrogens is 2. The molecule has 0 radical (unpaired) electrons. The van der Waals surface area contributed by atoms with Crippen molar-refractivity contribution in [1.82, 2.24) is 19.5 Å². The Kier molecular flexibility index (Phi) is 2.31. The number of hydrogen-bond donors (Lipinski definition) is 2. The number of nitrogens with zero attached hydrogens (tertiary/aromatic N) is 2. The second-order valence-electron chi connectivity index (χ2n) is 3.65. The van der Waals surface area contributed by atoms with Gasteiger partial charge in [-0.05, 0) is 12.1 Å². The van der Waals surface area contributed by atoms with E-state index < -0.39 is 11.2 Å². The normalized spacial score (nSPS) is 10.9. The fraction of sp³-hybridized carbons (Fsp3) is 0. The van der Waals surface area contributed by atoms with Gasteiger partial charge in [0, 0.05) is 0 Å². The van der Waals surface area contributed by atoms with E-state index in [4.69, 9.17) is 11.6 Å². The monoisotopic (exact) mass is 262 g/mol. The molecule has 2 aromatic heterocycles. The number of nitrogens with one attached hydrogen (secondary N) is 2. The maximum atomic E-state index is 11.9. The van der Waals surface area contributed by atoms with E-state index in [1.807, 2.05) is 0 Å². The molecule has 0 aliphatic carbocycles. The van der Waals surface area contributed by atoms with Crippen molar-refractivity contribution < 1.29 is 0 Å². The third kappa shape index (κ3) is 1.46. The van der Waals surface area contributed by atoms with Gasteiger partial charge in [-0.15, -0.1) is 0 Å². The quantitative estimate of drug-likeness (QED) is 0.688. The molecule has 3 aromatic rings. The van der Waals surface area contributed by atoms with E-state index in [1.165, 1.54) is 10.9 Å². The van der Waals surface area contributed by atoms with Gasteiger partial charge in [0.25, 0.3) is 5.56 Å². The third-order valence-electron chi connectivity index (χ3n) is 2.57. The van der Waals surface area contributed by atoms with Crippen LogP contribution in [0.15, 0.2) is 40.2 Å². The lowest BCUT2D eigenvalue weighted by Crippen LogP contribution is -2.18. The fourth-order valence-electron chi connectivity index (χ4n) is 1.81. The van der Waals surface area contributed by atoms with Crippen LogP contribution in [0.5, 0.6) is 0 Å². The number of hydrogen-bond acceptors (Lipinski definition) is 3. The second-order valence-corrected chi connectivity index (χ2v) is 4.05. The summed E-state index contributed by atoms with van der Waals surface area (Å²) in [6.45, 7) is 0. The lowest BCUT2D eigenvalue weighted by atomic mass is 10.3. The molecule has 0 amide bonds. The highest BCUT2D eigenvalue weighted by molar-refractivity contribution is 6.32. The number of para-hydroxylation sites is 1. The van der Waals surface area contributed by atoms with E-state index in [1.54, 1.807) is 24.3 Å². The zero-order valence-electron chi connectivity index (χ0n) is 8.98. The summed E-state index contributed by atoms with van der Waals surface area (Å²) < 4.78 is 1.21. The van der Waals surface area contributed by atoms with Crippen molar-refractivity contribution in [3.05, 3.63) is 56.5 Å². The van der Waals surface area contributed by atoms with Crippen LogP contribution in [0.25, 0.3) is 16.9 Å². The Morgan fingerprint density at radius 2 is 2.00 bits per heavy atom. The van der Waals surface area contributed by atoms with Crippen molar-refractivity contribution >= 4 is 22.8 Å². The molecule has 1 aromatic carbocycles. The van der Waals surface area contributed by atoms with Crippen molar-refractivity contribution in [3.63, 3.8) is 0 Å². The average molecular weight is 263 g/mol. The predicted molar refractivity (Wildman–Crippen MR) is 67.3 cm³/mol. The highest BCUT2D eigenvalue weighted by Gasteiger charge is 2.14. The summed E-state index contributed by atoms with van der Waals surface area (Å²) in [4.78, 5) is 32.5. The summed E-state index contributed by atoms with van der Waals surface area (Å²) >= 11 is 6.03. The fourth-order valence-corrected chi connectivity index (χ4v) is 2.03. The number of aromatic nitrogens is 4. The highest BCUT2D eigenvalue weighted by Crippen LogP contribution is 2.20. The van der Waals surface area contributed by atoms with Gasteiger partial charge in [0.15, 0.2) is 11.2 Å². The molecular formula is C11H7ClN4O2. The van der Waals surface area contributed by atoms with Crippen LogP contribution in [-0.2, 0) is 0 Å². The van der Waals surface area contributed by atoms with Gasteiger partial charge in [0.05, 0.1) is 17.0 Å². The van der Waals surface area contributed by atoms with Crippen molar-refractivity contribution in [2.45, 2.75) is 0 Å². The van der Waals surface area contributed by atoms with Gasteiger partial charge in [-0.25, -0.2) is 9.78 Å². The molecule has 0 saturated carbocycles. The lowest BCUT2D eigenvalue weighted by molar-refractivity contribution is 1.01. The van der Waals surface area contributed by atoms with E-state index in [9.17, 15) is 9.59 Å². The molecule has 90 valence electrons. The average Bonchev–Trinajstić information content (AvgIpc) is 2.68. The first kappa shape index (κ1) is 10.8. The first-order valence-corrected chi connectivity index (χ1v) is 5.49. The van der Waals surface area contributed by atoms with E-state index in [2.05, 4.69) is 15.0 Å². The van der Waals surface area contributed by atoms with Crippen LogP contribution in [0.4, 0.5) is 0 Å². The van der Waals surface area contributed by atoms with Gasteiger partial charge in [-0.1, -0.05) is 23.7 Å². The first-order chi connectivity index (χ1) is 8.68. The molecule has 0 spiro atoms. The Balaban J connectivity index is 2.51. The molecule has 0 aliphatic heterocycles. The predicted octanol–water partition coefficient (Wildman–Crippen LogP) is 1.06. The molecule has 2 N–H and O–H groups in total. The summed E-state index contributed by atoms with van der Waals surface area (Å²) in [5.74, 6) is 0. The van der Waals surface area contributed by atoms with E-state index in [0.29, 0.717) is 10.7 Å². The van der Waals surface area contributed by atoms with E-state index in [0.717, 1.165) is 0 Å². The van der Waals surface area contributed by atoms with Crippen LogP contribution in [0.3, 0.4) is 0 Å². The van der Waals surface area contributed by atoms with Crippen LogP contribution >= 0.6 is 11.6 Å². The smallest absolute Gasteiger partial charge is 0.311 e. The van der Waals surface area contributed by atoms with Crippen molar-refractivity contribution in [1.29, 1.82) is 0 Å². The van der Waals surface area contributed by atoms with Crippen LogP contribution in [0.2, 0.25) is 5.02 Å². The zero-order chi connectivity index (χ0) is 12.7. The summed E-state index contributed by atoms with van der Waals surface area (Å²) in [5.41, 5.74) is -0.0474. The number of fused-ring (bicyclic) bond motifs is 1. The molecule has 6 nitrogen and oxygen atoms in total. The van der Waals surface area contributed by atoms with Gasteiger partial charge in [-0.3, -0.25) is 14.3 Å². The minimum atomic E-state index is -0.456. The summed E-state index contributed by atoms with van der Waals surface area (Å²) in [5, 5.41) is 0.378. The maximum Gasteiger partial charge on any atom is 0.332 e. The van der Waals surface area contributed by atoms with Crippen LogP contribution in [-0.4, -0.2) is 19.5 Å². The van der Waals surface area contributed by atoms with E-state index >= 15 is 0 Å². The Labute approximate surface area is 105 Å². The SMILES string of the molecule is O=c1[nH]cnc2[nH]c(=O)n(-c3ccccc3Cl)c12. The molecule has 0 atom stereocenters. The minimum Gasteiger partial charge on any atom is -0.311 e. The van der Waals surface area contributed by atoms with Crippen molar-refractivity contribution in [2.75, 3.05) is 0 Å². The largest absolute Gasteiger partial charge is 0.332 e. The molecule has 3 rings (SSSR count). The number of rotatable bonds is 1. The summed E-state index contributed by atoms with van der Waals surface area (Å²) in [7, 11) is 0. The number of imidazole rings is 1. The Hall–Kier alpha value is -2.34. The Morgan fingerprint density at radius 1 is 1.22 bits per heavy atom. The Bertz CT molecular complexity index is 846. The van der Waals surface area contributed by atoms with Gasteiger partial charge >= 0.3 is 5.69 Å². The number of halogens is 1. The zero-order valence-corrected chi connectivity index (χ0v) is 9.73. The van der Waals surface area contributed by atoms with Crippen LogP contribution in [0.1, 0.15) is 0 Å². The lowest BCUT2D eigenvalue weighted by Gasteiger charge is -2.03. The Morgan fingerprint density at radius 3 is 2.78 bits per heavy atom. The molecular weight excluding hydrogens is 256 g/mol. The van der Waals surface area contributed by atoms with Gasteiger partial charge < -0.3 is 4.98 Å². The summed E-state index contributed by atoms with van der Waals surface area (Å²) in [6, 6.07) is 6.78. The summed E-state index contributed by atoms with van der Waals surface area (Å²) in [6.07, 6.45) is 1.23. The highest BCUT2D eigenvalue weighted by atomic mass is 35.5. The number of aromatic amines is 2. The topological polar surface area (TPSA) is 83.5 Å². The first-order valence-electron chi connectivity index (χ1n) is 5.12. The van der Waals surface area contributed by atoms with Crippen molar-refractivity contribution in [2.24, 2.45) is 0 Å². The molecule has 0 aliphatic rings. The maximum absolute atomic E-state index is 11.9. The molecule has 18 heavy (non-hydrogen) atoms. The van der Waals surface area contributed by atoms with Crippen LogP contribution < -0.4 is 11.2 Å². The molecule has 0 bridgehead atoms. The molecule has 0 unspecified atom stereocenters. The van der Waals surface area contributed by atoms with Gasteiger partial charge in [0.2, 0.25) is 0 Å². The third-order valence-corrected chi connectivity index (χ3v) is 2.89. The second kappa shape index (κ2) is 3.85. The van der Waals surface area contributed by atoms with Gasteiger partial charge in [0.1, 0.15) is 0 Å². The van der Waals surface area contributed by atoms with E-state index in [-0.39, 0.29) is 11.2 Å². The molecule has 7 heteroatoms. The molecule has 0 saturated heterocycles.